The number of benzene rings is 1. The Balaban J connectivity index is 2.22. The van der Waals surface area contributed by atoms with Crippen molar-refractivity contribution in [2.75, 3.05) is 7.05 Å². The molecule has 1 unspecified atom stereocenters. The zero-order valence-corrected chi connectivity index (χ0v) is 12.9. The van der Waals surface area contributed by atoms with Crippen molar-refractivity contribution in [2.45, 2.75) is 13.0 Å². The summed E-state index contributed by atoms with van der Waals surface area (Å²) < 4.78 is 5.54. The molecule has 0 bridgehead atoms. The number of amides is 1. The molecule has 1 heterocycles. The first-order valence-electron chi connectivity index (χ1n) is 5.76. The minimum atomic E-state index is -0.104. The lowest BCUT2D eigenvalue weighted by Gasteiger charge is -2.25. The molecule has 1 amide bonds. The number of rotatable bonds is 3. The quantitative estimate of drug-likeness (QED) is 0.821. The van der Waals surface area contributed by atoms with Gasteiger partial charge in [0.15, 0.2) is 4.67 Å². The summed E-state index contributed by atoms with van der Waals surface area (Å²) in [6.07, 6.45) is 1.48. The Morgan fingerprint density at radius 2 is 2.16 bits per heavy atom. The van der Waals surface area contributed by atoms with E-state index in [0.717, 1.165) is 5.56 Å². The third-order valence-electron chi connectivity index (χ3n) is 3.08. The summed E-state index contributed by atoms with van der Waals surface area (Å²) in [5, 5.41) is 0.662. The SMILES string of the molecule is CC(c1cccc(Cl)c1)N(C)C(=O)c1ccoc1Br. The molecule has 0 N–H and O–H groups in total. The minimum absolute atomic E-state index is 0.0759. The van der Waals surface area contributed by atoms with Gasteiger partial charge in [-0.05, 0) is 46.6 Å². The molecule has 0 aliphatic heterocycles. The van der Waals surface area contributed by atoms with Crippen molar-refractivity contribution >= 4 is 33.4 Å². The van der Waals surface area contributed by atoms with Crippen LogP contribution in [0.1, 0.15) is 28.9 Å². The Kier molecular flexibility index (Phi) is 4.32. The zero-order chi connectivity index (χ0) is 14.0. The Labute approximate surface area is 125 Å². The highest BCUT2D eigenvalue weighted by Crippen LogP contribution is 2.26. The first-order valence-corrected chi connectivity index (χ1v) is 6.93. The summed E-state index contributed by atoms with van der Waals surface area (Å²) in [7, 11) is 1.76. The Morgan fingerprint density at radius 3 is 2.74 bits per heavy atom. The fraction of sp³-hybridized carbons (Fsp3) is 0.214. The third kappa shape index (κ3) is 3.01. The molecular weight excluding hydrogens is 330 g/mol. The van der Waals surface area contributed by atoms with Gasteiger partial charge in [0.05, 0.1) is 17.9 Å². The minimum Gasteiger partial charge on any atom is -0.457 e. The van der Waals surface area contributed by atoms with Crippen LogP contribution >= 0.6 is 27.5 Å². The molecule has 1 aromatic carbocycles. The fourth-order valence-corrected chi connectivity index (χ4v) is 2.41. The number of carbonyl (C=O) groups excluding carboxylic acids is 1. The topological polar surface area (TPSA) is 33.5 Å². The molecular formula is C14H13BrClNO2. The van der Waals surface area contributed by atoms with Crippen LogP contribution in [0.15, 0.2) is 45.7 Å². The molecule has 5 heteroatoms. The van der Waals surface area contributed by atoms with Gasteiger partial charge in [-0.25, -0.2) is 0 Å². The zero-order valence-electron chi connectivity index (χ0n) is 10.6. The van der Waals surface area contributed by atoms with E-state index in [1.54, 1.807) is 18.0 Å². The average molecular weight is 343 g/mol. The number of hydrogen-bond donors (Lipinski definition) is 0. The van der Waals surface area contributed by atoms with Crippen molar-refractivity contribution in [3.05, 3.63) is 57.4 Å². The third-order valence-corrected chi connectivity index (χ3v) is 3.93. The van der Waals surface area contributed by atoms with E-state index in [1.165, 1.54) is 6.26 Å². The monoisotopic (exact) mass is 341 g/mol. The molecule has 0 fully saturated rings. The van der Waals surface area contributed by atoms with Gasteiger partial charge in [-0.2, -0.15) is 0 Å². The number of hydrogen-bond acceptors (Lipinski definition) is 2. The van der Waals surface area contributed by atoms with Crippen LogP contribution in [0.5, 0.6) is 0 Å². The highest BCUT2D eigenvalue weighted by molar-refractivity contribution is 9.10. The summed E-state index contributed by atoms with van der Waals surface area (Å²) in [6, 6.07) is 9.07. The maximum absolute atomic E-state index is 12.3. The van der Waals surface area contributed by atoms with Crippen molar-refractivity contribution < 1.29 is 9.21 Å². The first kappa shape index (κ1) is 14.2. The normalized spacial score (nSPS) is 12.2. The summed E-state index contributed by atoms with van der Waals surface area (Å²) in [5.74, 6) is -0.104. The molecule has 0 aliphatic carbocycles. The van der Waals surface area contributed by atoms with Crippen LogP contribution in [0.3, 0.4) is 0 Å². The second kappa shape index (κ2) is 5.80. The molecule has 0 saturated heterocycles. The molecule has 2 aromatic rings. The number of nitrogens with zero attached hydrogens (tertiary/aromatic N) is 1. The van der Waals surface area contributed by atoms with Gasteiger partial charge in [0.25, 0.3) is 5.91 Å². The van der Waals surface area contributed by atoms with Crippen LogP contribution in [-0.4, -0.2) is 17.9 Å². The van der Waals surface area contributed by atoms with Crippen LogP contribution in [0.2, 0.25) is 5.02 Å². The predicted molar refractivity (Wildman–Crippen MR) is 78.4 cm³/mol. The fourth-order valence-electron chi connectivity index (χ4n) is 1.80. The van der Waals surface area contributed by atoms with Gasteiger partial charge in [0, 0.05) is 12.1 Å². The highest BCUT2D eigenvalue weighted by atomic mass is 79.9. The molecule has 0 aliphatic rings. The Morgan fingerprint density at radius 1 is 1.42 bits per heavy atom. The maximum Gasteiger partial charge on any atom is 0.258 e. The first-order chi connectivity index (χ1) is 9.00. The van der Waals surface area contributed by atoms with E-state index in [1.807, 2.05) is 31.2 Å². The van der Waals surface area contributed by atoms with E-state index in [9.17, 15) is 4.79 Å². The van der Waals surface area contributed by atoms with Gasteiger partial charge in [-0.3, -0.25) is 4.79 Å². The highest BCUT2D eigenvalue weighted by Gasteiger charge is 2.22. The van der Waals surface area contributed by atoms with E-state index < -0.39 is 0 Å². The number of halogens is 2. The van der Waals surface area contributed by atoms with Gasteiger partial charge >= 0.3 is 0 Å². The van der Waals surface area contributed by atoms with E-state index in [2.05, 4.69) is 15.9 Å². The molecule has 19 heavy (non-hydrogen) atoms. The molecule has 100 valence electrons. The lowest BCUT2D eigenvalue weighted by molar-refractivity contribution is 0.0740. The van der Waals surface area contributed by atoms with E-state index in [-0.39, 0.29) is 11.9 Å². The van der Waals surface area contributed by atoms with Gasteiger partial charge in [-0.15, -0.1) is 0 Å². The van der Waals surface area contributed by atoms with Gasteiger partial charge in [-0.1, -0.05) is 23.7 Å². The summed E-state index contributed by atoms with van der Waals surface area (Å²) >= 11 is 9.19. The number of furan rings is 1. The molecule has 0 radical (unpaired) electrons. The van der Waals surface area contributed by atoms with E-state index in [4.69, 9.17) is 16.0 Å². The maximum atomic E-state index is 12.3. The van der Waals surface area contributed by atoms with E-state index >= 15 is 0 Å². The molecule has 0 saturated carbocycles. The van der Waals surface area contributed by atoms with Crippen molar-refractivity contribution in [1.82, 2.24) is 4.90 Å². The van der Waals surface area contributed by atoms with Crippen LogP contribution in [0, 0.1) is 0 Å². The smallest absolute Gasteiger partial charge is 0.258 e. The van der Waals surface area contributed by atoms with Crippen LogP contribution in [0.25, 0.3) is 0 Å². The second-order valence-corrected chi connectivity index (χ2v) is 5.41. The van der Waals surface area contributed by atoms with Gasteiger partial charge < -0.3 is 9.32 Å². The van der Waals surface area contributed by atoms with Crippen molar-refractivity contribution in [2.24, 2.45) is 0 Å². The molecule has 1 atom stereocenters. The predicted octanol–water partition coefficient (Wildman–Crippen LogP) is 4.53. The second-order valence-electron chi connectivity index (χ2n) is 4.26. The van der Waals surface area contributed by atoms with Crippen molar-refractivity contribution in [3.8, 4) is 0 Å². The summed E-state index contributed by atoms with van der Waals surface area (Å²) in [5.41, 5.74) is 1.50. The largest absolute Gasteiger partial charge is 0.457 e. The van der Waals surface area contributed by atoms with Crippen molar-refractivity contribution in [1.29, 1.82) is 0 Å². The lowest BCUT2D eigenvalue weighted by atomic mass is 10.1. The van der Waals surface area contributed by atoms with Gasteiger partial charge in [0.1, 0.15) is 0 Å². The van der Waals surface area contributed by atoms with Crippen molar-refractivity contribution in [3.63, 3.8) is 0 Å². The summed E-state index contributed by atoms with van der Waals surface area (Å²) in [6.45, 7) is 1.96. The molecule has 2 rings (SSSR count). The van der Waals surface area contributed by atoms with Crippen LogP contribution in [0.4, 0.5) is 0 Å². The average Bonchev–Trinajstić information content (AvgIpc) is 2.82. The molecule has 1 aromatic heterocycles. The van der Waals surface area contributed by atoms with E-state index in [0.29, 0.717) is 15.3 Å². The van der Waals surface area contributed by atoms with Crippen LogP contribution < -0.4 is 0 Å². The Bertz CT molecular complexity index is 597. The Hall–Kier alpha value is -1.26. The standard InChI is InChI=1S/C14H13BrClNO2/c1-9(10-4-3-5-11(16)8-10)17(2)14(18)12-6-7-19-13(12)15/h3-9H,1-2H3. The summed E-state index contributed by atoms with van der Waals surface area (Å²) in [4.78, 5) is 14.0. The van der Waals surface area contributed by atoms with Gasteiger partial charge in [0.2, 0.25) is 0 Å². The lowest BCUT2D eigenvalue weighted by Crippen LogP contribution is -2.29. The molecule has 3 nitrogen and oxygen atoms in total. The van der Waals surface area contributed by atoms with Crippen LogP contribution in [-0.2, 0) is 0 Å². The molecule has 0 spiro atoms. The number of carbonyl (C=O) groups is 1.